The molecule has 2 N–H and O–H groups in total. The molecule has 0 saturated heterocycles. The van der Waals surface area contributed by atoms with E-state index in [-0.39, 0.29) is 17.2 Å². The van der Waals surface area contributed by atoms with Crippen LogP contribution in [0.3, 0.4) is 0 Å². The summed E-state index contributed by atoms with van der Waals surface area (Å²) in [7, 11) is 0. The average molecular weight is 231 g/mol. The van der Waals surface area contributed by atoms with Crippen LogP contribution in [0.4, 0.5) is 0 Å². The van der Waals surface area contributed by atoms with Crippen LogP contribution in [0.1, 0.15) is 74.7 Å². The first kappa shape index (κ1) is 20.8. The predicted molar refractivity (Wildman–Crippen MR) is 74.4 cm³/mol. The molecule has 1 amide bonds. The molecule has 100 valence electrons. The molecule has 0 unspecified atom stereocenters. The lowest BCUT2D eigenvalue weighted by molar-refractivity contribution is -0.122. The number of primary amides is 1. The first-order chi connectivity index (χ1) is 7.30. The Kier molecular flexibility index (Phi) is 16.3. The summed E-state index contributed by atoms with van der Waals surface area (Å²) in [6.07, 6.45) is 3.23. The molecule has 0 aliphatic carbocycles. The minimum absolute atomic E-state index is 0.00458. The quantitative estimate of drug-likeness (QED) is 0.766. The number of carbonyl (C=O) groups excluding carboxylic acids is 1. The zero-order chi connectivity index (χ0) is 13.8. The average Bonchev–Trinajstić information content (AvgIpc) is 2.21. The first-order valence-electron chi connectivity index (χ1n) is 6.60. The Labute approximate surface area is 103 Å². The fourth-order valence-corrected chi connectivity index (χ4v) is 1.07. The molecule has 0 aliphatic heterocycles. The van der Waals surface area contributed by atoms with E-state index in [0.29, 0.717) is 0 Å². The van der Waals surface area contributed by atoms with Gasteiger partial charge in [-0.1, -0.05) is 68.2 Å². The molecule has 2 heteroatoms. The van der Waals surface area contributed by atoms with Crippen molar-refractivity contribution in [2.75, 3.05) is 0 Å². The van der Waals surface area contributed by atoms with Crippen LogP contribution in [0.15, 0.2) is 0 Å². The lowest BCUT2D eigenvalue weighted by Gasteiger charge is -2.24. The largest absolute Gasteiger partial charge is 0.369 e. The maximum absolute atomic E-state index is 10.7. The maximum atomic E-state index is 10.7. The van der Waals surface area contributed by atoms with Gasteiger partial charge in [-0.2, -0.15) is 0 Å². The smallest absolute Gasteiger partial charge is 0.220 e. The zero-order valence-electron chi connectivity index (χ0n) is 12.7. The number of hydrogen-bond acceptors (Lipinski definition) is 1. The molecule has 0 saturated carbocycles. The number of nitrogens with two attached hydrogens (primary N) is 1. The predicted octanol–water partition coefficient (Wildman–Crippen LogP) is 4.38. The van der Waals surface area contributed by atoms with Crippen LogP contribution in [0.2, 0.25) is 0 Å². The highest BCUT2D eigenvalue weighted by molar-refractivity contribution is 5.76. The van der Waals surface area contributed by atoms with E-state index >= 15 is 0 Å². The molecule has 0 radical (unpaired) electrons. The van der Waals surface area contributed by atoms with E-state index in [4.69, 9.17) is 5.73 Å². The fraction of sp³-hybridized carbons (Fsp3) is 0.929. The Bertz CT molecular complexity index is 153. The van der Waals surface area contributed by atoms with Gasteiger partial charge in [-0.3, -0.25) is 4.79 Å². The van der Waals surface area contributed by atoms with Crippen LogP contribution in [0.25, 0.3) is 0 Å². The van der Waals surface area contributed by atoms with Gasteiger partial charge in [-0.05, 0) is 11.8 Å². The van der Waals surface area contributed by atoms with E-state index in [1.165, 1.54) is 6.42 Å². The number of carbonyl (C=O) groups is 1. The third-order valence-corrected chi connectivity index (χ3v) is 2.30. The molecule has 0 aromatic rings. The molecule has 0 aliphatic rings. The van der Waals surface area contributed by atoms with Crippen LogP contribution in [-0.2, 0) is 4.79 Å². The Morgan fingerprint density at radius 3 is 1.69 bits per heavy atom. The van der Waals surface area contributed by atoms with Crippen LogP contribution >= 0.6 is 0 Å². The van der Waals surface area contributed by atoms with Crippen LogP contribution in [0.5, 0.6) is 0 Å². The molecule has 0 aromatic heterocycles. The summed E-state index contributed by atoms with van der Waals surface area (Å²) in [6, 6.07) is 0. The van der Waals surface area contributed by atoms with Gasteiger partial charge in [0.15, 0.2) is 0 Å². The van der Waals surface area contributed by atoms with Gasteiger partial charge in [-0.25, -0.2) is 0 Å². The summed E-state index contributed by atoms with van der Waals surface area (Å²) in [6.45, 7) is 16.6. The van der Waals surface area contributed by atoms with Gasteiger partial charge in [0.2, 0.25) is 5.91 Å². The number of amides is 1. The molecule has 0 fully saturated rings. The monoisotopic (exact) mass is 231 g/mol. The van der Waals surface area contributed by atoms with Gasteiger partial charge < -0.3 is 5.73 Å². The third-order valence-electron chi connectivity index (χ3n) is 2.30. The van der Waals surface area contributed by atoms with Gasteiger partial charge >= 0.3 is 0 Å². The van der Waals surface area contributed by atoms with E-state index < -0.39 is 0 Å². The molecule has 0 bridgehead atoms. The van der Waals surface area contributed by atoms with E-state index in [9.17, 15) is 4.79 Å². The van der Waals surface area contributed by atoms with Gasteiger partial charge in [0.25, 0.3) is 0 Å². The van der Waals surface area contributed by atoms with E-state index in [1.54, 1.807) is 0 Å². The van der Waals surface area contributed by atoms with Crippen molar-refractivity contribution in [1.82, 2.24) is 0 Å². The molecule has 1 atom stereocenters. The van der Waals surface area contributed by atoms with Crippen molar-refractivity contribution >= 4 is 5.91 Å². The number of rotatable bonds is 4. The molecule has 0 heterocycles. The maximum Gasteiger partial charge on any atom is 0.220 e. The van der Waals surface area contributed by atoms with E-state index in [2.05, 4.69) is 34.6 Å². The Hall–Kier alpha value is -0.530. The summed E-state index contributed by atoms with van der Waals surface area (Å²) in [4.78, 5) is 10.7. The topological polar surface area (TPSA) is 43.1 Å². The van der Waals surface area contributed by atoms with Gasteiger partial charge in [0, 0.05) is 5.92 Å². The second kappa shape index (κ2) is 12.5. The Balaban J connectivity index is -0.000000289. The molecular formula is C14H33NO. The van der Waals surface area contributed by atoms with Crippen molar-refractivity contribution in [2.45, 2.75) is 74.7 Å². The van der Waals surface area contributed by atoms with Crippen molar-refractivity contribution in [3.8, 4) is 0 Å². The molecule has 0 rings (SSSR count). The van der Waals surface area contributed by atoms with E-state index in [0.717, 1.165) is 12.8 Å². The van der Waals surface area contributed by atoms with Crippen LogP contribution in [-0.4, -0.2) is 5.91 Å². The minimum atomic E-state index is -0.188. The highest BCUT2D eigenvalue weighted by atomic mass is 16.1. The molecule has 16 heavy (non-hydrogen) atoms. The molecule has 0 aromatic carbocycles. The van der Waals surface area contributed by atoms with Crippen molar-refractivity contribution in [2.24, 2.45) is 17.1 Å². The number of hydrogen-bond donors (Lipinski definition) is 1. The lowest BCUT2D eigenvalue weighted by Crippen LogP contribution is -2.25. The molecular weight excluding hydrogens is 198 g/mol. The third kappa shape index (κ3) is 15.9. The summed E-state index contributed by atoms with van der Waals surface area (Å²) in [5.74, 6) is -0.184. The normalized spacial score (nSPS) is 11.5. The lowest BCUT2D eigenvalue weighted by atomic mass is 9.81. The van der Waals surface area contributed by atoms with Crippen LogP contribution < -0.4 is 5.73 Å². The standard InChI is InChI=1S/C9H19NO.C3H8.C2H6/c1-5-9(3,4)6-7(2)8(10)11;1-3-2;1-2/h7H,5-6H2,1-4H3,(H2,10,11);3H2,1-2H3;1-2H3/t7-;;/m0../s1. The first-order valence-corrected chi connectivity index (χ1v) is 6.60. The minimum Gasteiger partial charge on any atom is -0.369 e. The second-order valence-corrected chi connectivity index (χ2v) is 4.73. The summed E-state index contributed by atoms with van der Waals surface area (Å²) in [5.41, 5.74) is 5.40. The zero-order valence-corrected chi connectivity index (χ0v) is 12.7. The Morgan fingerprint density at radius 2 is 1.50 bits per heavy atom. The second-order valence-electron chi connectivity index (χ2n) is 4.73. The fourth-order valence-electron chi connectivity index (χ4n) is 1.07. The SMILES string of the molecule is CC.CCC.CCC(C)(C)C[C@H](C)C(N)=O. The molecule has 2 nitrogen and oxygen atoms in total. The van der Waals surface area contributed by atoms with Crippen molar-refractivity contribution < 1.29 is 4.79 Å². The van der Waals surface area contributed by atoms with Gasteiger partial charge in [0.1, 0.15) is 0 Å². The summed E-state index contributed by atoms with van der Waals surface area (Å²) < 4.78 is 0. The van der Waals surface area contributed by atoms with Crippen molar-refractivity contribution in [3.63, 3.8) is 0 Å². The summed E-state index contributed by atoms with van der Waals surface area (Å²) >= 11 is 0. The van der Waals surface area contributed by atoms with Gasteiger partial charge in [-0.15, -0.1) is 0 Å². The highest BCUT2D eigenvalue weighted by Gasteiger charge is 2.21. The Morgan fingerprint density at radius 1 is 1.19 bits per heavy atom. The van der Waals surface area contributed by atoms with E-state index in [1.807, 2.05) is 20.8 Å². The van der Waals surface area contributed by atoms with Gasteiger partial charge in [0.05, 0.1) is 0 Å². The summed E-state index contributed by atoms with van der Waals surface area (Å²) in [5, 5.41) is 0. The highest BCUT2D eigenvalue weighted by Crippen LogP contribution is 2.28. The van der Waals surface area contributed by atoms with Crippen molar-refractivity contribution in [1.29, 1.82) is 0 Å². The molecule has 0 spiro atoms. The van der Waals surface area contributed by atoms with Crippen molar-refractivity contribution in [3.05, 3.63) is 0 Å². The van der Waals surface area contributed by atoms with Crippen LogP contribution in [0, 0.1) is 11.3 Å².